The first-order chi connectivity index (χ1) is 8.49. The minimum absolute atomic E-state index is 0.0493. The van der Waals surface area contributed by atoms with Crippen LogP contribution < -0.4 is 5.32 Å². The Hall–Kier alpha value is -1.49. The van der Waals surface area contributed by atoms with E-state index >= 15 is 0 Å². The molecule has 0 aliphatic heterocycles. The average Bonchev–Trinajstić information content (AvgIpc) is 2.29. The second kappa shape index (κ2) is 7.06. The Morgan fingerprint density at radius 1 is 1.28 bits per heavy atom. The fourth-order valence-electron chi connectivity index (χ4n) is 1.45. The zero-order valence-electron chi connectivity index (χ0n) is 10.5. The van der Waals surface area contributed by atoms with Crippen molar-refractivity contribution >= 4 is 23.6 Å². The monoisotopic (exact) mass is 267 g/mol. The number of carboxylic acids is 1. The van der Waals surface area contributed by atoms with Crippen molar-refractivity contribution in [1.82, 2.24) is 5.32 Å². The van der Waals surface area contributed by atoms with E-state index < -0.39 is 5.97 Å². The number of thioether (sulfide) groups is 1. The second-order valence-corrected chi connectivity index (χ2v) is 5.07. The molecule has 0 spiro atoms. The Bertz CT molecular complexity index is 417. The molecule has 98 valence electrons. The molecule has 1 amide bonds. The summed E-state index contributed by atoms with van der Waals surface area (Å²) in [5.41, 5.74) is 2.21. The van der Waals surface area contributed by atoms with Gasteiger partial charge in [0.2, 0.25) is 5.91 Å². The summed E-state index contributed by atoms with van der Waals surface area (Å²) in [5.74, 6) is -0.928. The molecule has 2 N–H and O–H groups in total. The van der Waals surface area contributed by atoms with E-state index in [9.17, 15) is 9.59 Å². The molecule has 0 bridgehead atoms. The second-order valence-electron chi connectivity index (χ2n) is 4.09. The van der Waals surface area contributed by atoms with Crippen LogP contribution in [0.2, 0.25) is 0 Å². The highest BCUT2D eigenvalue weighted by molar-refractivity contribution is 8.00. The number of carbonyl (C=O) groups is 2. The Labute approximate surface area is 111 Å². The number of aliphatic carboxylic acids is 1. The van der Waals surface area contributed by atoms with E-state index in [4.69, 9.17) is 5.11 Å². The summed E-state index contributed by atoms with van der Waals surface area (Å²) in [6, 6.07) is 7.88. The van der Waals surface area contributed by atoms with Crippen LogP contribution in [-0.4, -0.2) is 28.5 Å². The molecule has 1 rings (SSSR count). The predicted octanol–water partition coefficient (Wildman–Crippen LogP) is 1.99. The van der Waals surface area contributed by atoms with E-state index in [1.807, 2.05) is 38.1 Å². The van der Waals surface area contributed by atoms with Gasteiger partial charge in [0.25, 0.3) is 0 Å². The number of carboxylic acid groups (broad SMARTS) is 1. The Morgan fingerprint density at radius 3 is 2.44 bits per heavy atom. The highest BCUT2D eigenvalue weighted by Gasteiger charge is 2.09. The van der Waals surface area contributed by atoms with Crippen molar-refractivity contribution in [2.45, 2.75) is 19.9 Å². The van der Waals surface area contributed by atoms with Gasteiger partial charge in [-0.1, -0.05) is 29.8 Å². The maximum Gasteiger partial charge on any atom is 0.313 e. The Morgan fingerprint density at radius 2 is 1.89 bits per heavy atom. The highest BCUT2D eigenvalue weighted by Crippen LogP contribution is 2.13. The number of hydrogen-bond acceptors (Lipinski definition) is 3. The summed E-state index contributed by atoms with van der Waals surface area (Å²) in [5, 5.41) is 11.3. The molecule has 0 aliphatic rings. The van der Waals surface area contributed by atoms with Gasteiger partial charge in [0.15, 0.2) is 0 Å². The lowest BCUT2D eigenvalue weighted by Gasteiger charge is -2.14. The van der Waals surface area contributed by atoms with Crippen molar-refractivity contribution in [3.63, 3.8) is 0 Å². The van der Waals surface area contributed by atoms with Gasteiger partial charge in [0.05, 0.1) is 17.5 Å². The predicted molar refractivity (Wildman–Crippen MR) is 72.7 cm³/mol. The molecular formula is C13H17NO3S. The van der Waals surface area contributed by atoms with Crippen LogP contribution in [0.1, 0.15) is 24.1 Å². The molecule has 0 aromatic heterocycles. The molecule has 1 aromatic carbocycles. The van der Waals surface area contributed by atoms with E-state index in [0.717, 1.165) is 17.3 Å². The van der Waals surface area contributed by atoms with Gasteiger partial charge < -0.3 is 10.4 Å². The average molecular weight is 267 g/mol. The van der Waals surface area contributed by atoms with Crippen molar-refractivity contribution in [3.8, 4) is 0 Å². The van der Waals surface area contributed by atoms with E-state index in [0.29, 0.717) is 0 Å². The highest BCUT2D eigenvalue weighted by atomic mass is 32.2. The zero-order valence-corrected chi connectivity index (χ0v) is 11.3. The zero-order chi connectivity index (χ0) is 13.5. The number of nitrogens with one attached hydrogen (secondary N) is 1. The minimum Gasteiger partial charge on any atom is -0.481 e. The molecule has 1 unspecified atom stereocenters. The SMILES string of the molecule is Cc1ccc(C(C)NC(=O)CSCC(=O)O)cc1. The van der Waals surface area contributed by atoms with Crippen molar-refractivity contribution < 1.29 is 14.7 Å². The smallest absolute Gasteiger partial charge is 0.313 e. The normalized spacial score (nSPS) is 11.9. The number of carbonyl (C=O) groups excluding carboxylic acids is 1. The number of aryl methyl sites for hydroxylation is 1. The lowest BCUT2D eigenvalue weighted by molar-refractivity contribution is -0.133. The number of rotatable bonds is 6. The van der Waals surface area contributed by atoms with Crippen molar-refractivity contribution in [3.05, 3.63) is 35.4 Å². The molecule has 1 aromatic rings. The van der Waals surface area contributed by atoms with Gasteiger partial charge in [-0.25, -0.2) is 0 Å². The largest absolute Gasteiger partial charge is 0.481 e. The van der Waals surface area contributed by atoms with Crippen molar-refractivity contribution in [2.75, 3.05) is 11.5 Å². The van der Waals surface area contributed by atoms with Gasteiger partial charge in [-0.2, -0.15) is 0 Å². The lowest BCUT2D eigenvalue weighted by atomic mass is 10.1. The molecule has 5 heteroatoms. The van der Waals surface area contributed by atoms with Crippen LogP contribution in [0.5, 0.6) is 0 Å². The summed E-state index contributed by atoms with van der Waals surface area (Å²) in [7, 11) is 0. The molecule has 0 saturated carbocycles. The summed E-state index contributed by atoms with van der Waals surface area (Å²) in [6.45, 7) is 3.92. The van der Waals surface area contributed by atoms with Gasteiger partial charge in [0, 0.05) is 0 Å². The topological polar surface area (TPSA) is 66.4 Å². The van der Waals surface area contributed by atoms with Crippen LogP contribution in [0.3, 0.4) is 0 Å². The van der Waals surface area contributed by atoms with Crippen molar-refractivity contribution in [1.29, 1.82) is 0 Å². The van der Waals surface area contributed by atoms with E-state index in [1.165, 1.54) is 5.56 Å². The molecule has 0 heterocycles. The third kappa shape index (κ3) is 5.23. The van der Waals surface area contributed by atoms with Crippen LogP contribution in [0.25, 0.3) is 0 Å². The maximum atomic E-state index is 11.6. The molecular weight excluding hydrogens is 250 g/mol. The molecule has 0 aliphatic carbocycles. The number of amides is 1. The molecule has 1 atom stereocenters. The van der Waals surface area contributed by atoms with E-state index in [-0.39, 0.29) is 23.5 Å². The van der Waals surface area contributed by atoms with Gasteiger partial charge >= 0.3 is 5.97 Å². The lowest BCUT2D eigenvalue weighted by Crippen LogP contribution is -2.28. The Kier molecular flexibility index (Phi) is 5.71. The van der Waals surface area contributed by atoms with E-state index in [2.05, 4.69) is 5.32 Å². The standard InChI is InChI=1S/C13H17NO3S/c1-9-3-5-11(6-4-9)10(2)14-12(15)7-18-8-13(16)17/h3-6,10H,7-8H2,1-2H3,(H,14,15)(H,16,17). The molecule has 0 radical (unpaired) electrons. The molecule has 4 nitrogen and oxygen atoms in total. The third-order valence-corrected chi connectivity index (χ3v) is 3.33. The summed E-state index contributed by atoms with van der Waals surface area (Å²) < 4.78 is 0. The first-order valence-electron chi connectivity index (χ1n) is 5.64. The first kappa shape index (κ1) is 14.6. The quantitative estimate of drug-likeness (QED) is 0.827. The van der Waals surface area contributed by atoms with Gasteiger partial charge in [-0.15, -0.1) is 11.8 Å². The molecule has 0 saturated heterocycles. The number of benzene rings is 1. The van der Waals surface area contributed by atoms with Gasteiger partial charge in [-0.3, -0.25) is 9.59 Å². The summed E-state index contributed by atoms with van der Waals surface area (Å²) in [4.78, 5) is 21.9. The Balaban J connectivity index is 2.39. The van der Waals surface area contributed by atoms with Crippen LogP contribution in [0.15, 0.2) is 24.3 Å². The molecule has 18 heavy (non-hydrogen) atoms. The number of hydrogen-bond donors (Lipinski definition) is 2. The van der Waals surface area contributed by atoms with E-state index in [1.54, 1.807) is 0 Å². The molecule has 0 fully saturated rings. The fourth-order valence-corrected chi connectivity index (χ4v) is 2.00. The van der Waals surface area contributed by atoms with Crippen LogP contribution >= 0.6 is 11.8 Å². The summed E-state index contributed by atoms with van der Waals surface area (Å²) >= 11 is 1.10. The van der Waals surface area contributed by atoms with Gasteiger partial charge in [-0.05, 0) is 19.4 Å². The van der Waals surface area contributed by atoms with Crippen molar-refractivity contribution in [2.24, 2.45) is 0 Å². The van der Waals surface area contributed by atoms with Gasteiger partial charge in [0.1, 0.15) is 0 Å². The minimum atomic E-state index is -0.903. The maximum absolute atomic E-state index is 11.6. The first-order valence-corrected chi connectivity index (χ1v) is 6.80. The third-order valence-electron chi connectivity index (χ3n) is 2.41. The summed E-state index contributed by atoms with van der Waals surface area (Å²) in [6.07, 6.45) is 0. The fraction of sp³-hybridized carbons (Fsp3) is 0.385. The van der Waals surface area contributed by atoms with Crippen LogP contribution in [0, 0.1) is 6.92 Å². The van der Waals surface area contributed by atoms with Crippen LogP contribution in [0.4, 0.5) is 0 Å². The van der Waals surface area contributed by atoms with Crippen LogP contribution in [-0.2, 0) is 9.59 Å².